The zero-order chi connectivity index (χ0) is 14.5. The van der Waals surface area contributed by atoms with E-state index in [0.29, 0.717) is 10.0 Å². The molecule has 0 unspecified atom stereocenters. The van der Waals surface area contributed by atoms with E-state index in [1.54, 1.807) is 0 Å². The molecule has 0 bridgehead atoms. The van der Waals surface area contributed by atoms with Crippen LogP contribution in [0.4, 0.5) is 5.13 Å². The molecule has 0 spiro atoms. The van der Waals surface area contributed by atoms with Crippen molar-refractivity contribution >= 4 is 34.0 Å². The molecule has 5 nitrogen and oxygen atoms in total. The minimum Gasteiger partial charge on any atom is -0.465 e. The number of esters is 1. The van der Waals surface area contributed by atoms with Crippen molar-refractivity contribution in [1.82, 2.24) is 9.88 Å². The number of thiazole rings is 1. The Morgan fingerprint density at radius 1 is 1.55 bits per heavy atom. The number of hydrogen-bond acceptors (Lipinski definition) is 6. The largest absolute Gasteiger partial charge is 0.465 e. The van der Waals surface area contributed by atoms with Crippen LogP contribution in [0.25, 0.3) is 0 Å². The van der Waals surface area contributed by atoms with E-state index in [-0.39, 0.29) is 5.15 Å². The molecule has 1 aromatic rings. The summed E-state index contributed by atoms with van der Waals surface area (Å²) in [7, 11) is 3.51. The normalized spacial score (nSPS) is 17.1. The average Bonchev–Trinajstić information content (AvgIpc) is 2.81. The monoisotopic (exact) mass is 317 g/mol. The minimum atomic E-state index is -0.434. The van der Waals surface area contributed by atoms with Crippen molar-refractivity contribution in [3.63, 3.8) is 0 Å². The van der Waals surface area contributed by atoms with Crippen molar-refractivity contribution in [2.24, 2.45) is 5.92 Å². The predicted molar refractivity (Wildman–Crippen MR) is 81.8 cm³/mol. The van der Waals surface area contributed by atoms with Crippen LogP contribution >= 0.6 is 22.9 Å². The first kappa shape index (κ1) is 15.5. The lowest BCUT2D eigenvalue weighted by atomic mass is 9.94. The number of halogens is 1. The van der Waals surface area contributed by atoms with E-state index in [0.717, 1.165) is 18.9 Å². The number of likely N-dealkylation sites (tertiary alicyclic amines) is 1. The molecule has 1 aromatic heterocycles. The first-order valence-electron chi connectivity index (χ1n) is 6.77. The minimum absolute atomic E-state index is 0.212. The second-order valence-electron chi connectivity index (χ2n) is 5.09. The van der Waals surface area contributed by atoms with Gasteiger partial charge in [0.05, 0.1) is 7.11 Å². The average molecular weight is 318 g/mol. The highest BCUT2D eigenvalue weighted by atomic mass is 35.5. The van der Waals surface area contributed by atoms with Gasteiger partial charge in [-0.3, -0.25) is 0 Å². The molecule has 112 valence electrons. The summed E-state index contributed by atoms with van der Waals surface area (Å²) in [5.41, 5.74) is 0. The molecule has 2 rings (SSSR count). The number of hydrogen-bond donors (Lipinski definition) is 1. The summed E-state index contributed by atoms with van der Waals surface area (Å²) in [6.07, 6.45) is 3.63. The van der Waals surface area contributed by atoms with Gasteiger partial charge in [0, 0.05) is 6.54 Å². The molecule has 1 aliphatic rings. The Morgan fingerprint density at radius 3 is 2.90 bits per heavy atom. The molecule has 1 N–H and O–H groups in total. The van der Waals surface area contributed by atoms with Crippen LogP contribution in [0.15, 0.2) is 0 Å². The SMILES string of the molecule is COC(=O)c1sc(NCCC2CCN(C)CC2)nc1Cl. The third-order valence-electron chi connectivity index (χ3n) is 3.62. The second-order valence-corrected chi connectivity index (χ2v) is 6.45. The molecule has 0 radical (unpaired) electrons. The number of carbonyl (C=O) groups is 1. The van der Waals surface area contributed by atoms with Gasteiger partial charge in [-0.2, -0.15) is 0 Å². The highest BCUT2D eigenvalue weighted by Gasteiger charge is 2.18. The molecular weight excluding hydrogens is 298 g/mol. The number of piperidine rings is 1. The highest BCUT2D eigenvalue weighted by Crippen LogP contribution is 2.28. The lowest BCUT2D eigenvalue weighted by Gasteiger charge is -2.28. The lowest BCUT2D eigenvalue weighted by molar-refractivity contribution is 0.0606. The van der Waals surface area contributed by atoms with Crippen molar-refractivity contribution in [1.29, 1.82) is 0 Å². The fourth-order valence-corrected chi connectivity index (χ4v) is 3.46. The first-order valence-corrected chi connectivity index (χ1v) is 7.96. The molecule has 0 aliphatic carbocycles. The van der Waals surface area contributed by atoms with E-state index in [4.69, 9.17) is 11.6 Å². The molecular formula is C13H20ClN3O2S. The molecule has 1 aliphatic heterocycles. The Labute approximate surface area is 128 Å². The van der Waals surface area contributed by atoms with Gasteiger partial charge in [-0.1, -0.05) is 22.9 Å². The van der Waals surface area contributed by atoms with Gasteiger partial charge in [0.2, 0.25) is 0 Å². The Bertz CT molecular complexity index is 458. The van der Waals surface area contributed by atoms with Gasteiger partial charge in [-0.15, -0.1) is 0 Å². The van der Waals surface area contributed by atoms with Gasteiger partial charge in [-0.25, -0.2) is 9.78 Å². The molecule has 0 aromatic carbocycles. The number of methoxy groups -OCH3 is 1. The number of carbonyl (C=O) groups excluding carboxylic acids is 1. The lowest BCUT2D eigenvalue weighted by Crippen LogP contribution is -2.30. The molecule has 20 heavy (non-hydrogen) atoms. The van der Waals surface area contributed by atoms with E-state index in [2.05, 4.69) is 27.0 Å². The number of anilines is 1. The van der Waals surface area contributed by atoms with Crippen LogP contribution in [0.2, 0.25) is 5.15 Å². The Hall–Kier alpha value is -0.850. The molecule has 0 saturated carbocycles. The van der Waals surface area contributed by atoms with Crippen LogP contribution in [0.1, 0.15) is 28.9 Å². The topological polar surface area (TPSA) is 54.5 Å². The Balaban J connectivity index is 1.78. The zero-order valence-electron chi connectivity index (χ0n) is 11.8. The maximum absolute atomic E-state index is 11.4. The van der Waals surface area contributed by atoms with Crippen molar-refractivity contribution in [2.45, 2.75) is 19.3 Å². The summed E-state index contributed by atoms with van der Waals surface area (Å²) in [5.74, 6) is 0.338. The van der Waals surface area contributed by atoms with E-state index in [1.807, 2.05) is 0 Å². The number of nitrogens with zero attached hydrogens (tertiary/aromatic N) is 2. The summed E-state index contributed by atoms with van der Waals surface area (Å²) in [6, 6.07) is 0. The highest BCUT2D eigenvalue weighted by molar-refractivity contribution is 7.18. The maximum Gasteiger partial charge on any atom is 0.351 e. The first-order chi connectivity index (χ1) is 9.60. The summed E-state index contributed by atoms with van der Waals surface area (Å²) in [6.45, 7) is 3.22. The van der Waals surface area contributed by atoms with Crippen molar-refractivity contribution in [3.8, 4) is 0 Å². The van der Waals surface area contributed by atoms with Crippen LogP contribution in [0.3, 0.4) is 0 Å². The van der Waals surface area contributed by atoms with Gasteiger partial charge in [0.1, 0.15) is 0 Å². The van der Waals surface area contributed by atoms with Gasteiger partial charge in [0.25, 0.3) is 0 Å². The molecule has 7 heteroatoms. The van der Waals surface area contributed by atoms with E-state index >= 15 is 0 Å². The smallest absolute Gasteiger partial charge is 0.351 e. The van der Waals surface area contributed by atoms with Crippen LogP contribution < -0.4 is 5.32 Å². The van der Waals surface area contributed by atoms with Crippen molar-refractivity contribution in [2.75, 3.05) is 39.1 Å². The summed E-state index contributed by atoms with van der Waals surface area (Å²) in [5, 5.41) is 4.14. The van der Waals surface area contributed by atoms with Gasteiger partial charge in [-0.05, 0) is 45.3 Å². The van der Waals surface area contributed by atoms with Crippen LogP contribution in [-0.4, -0.2) is 49.6 Å². The predicted octanol–water partition coefficient (Wildman–Crippen LogP) is 2.73. The molecule has 1 saturated heterocycles. The van der Waals surface area contributed by atoms with E-state index in [1.165, 1.54) is 44.4 Å². The van der Waals surface area contributed by atoms with E-state index < -0.39 is 5.97 Å². The third-order valence-corrected chi connectivity index (χ3v) is 5.00. The number of rotatable bonds is 5. The fourth-order valence-electron chi connectivity index (χ4n) is 2.33. The molecule has 1 fully saturated rings. The second kappa shape index (κ2) is 7.24. The van der Waals surface area contributed by atoms with Crippen LogP contribution in [0, 0.1) is 5.92 Å². The van der Waals surface area contributed by atoms with E-state index in [9.17, 15) is 4.79 Å². The van der Waals surface area contributed by atoms with Crippen molar-refractivity contribution in [3.05, 3.63) is 10.0 Å². The maximum atomic E-state index is 11.4. The van der Waals surface area contributed by atoms with Gasteiger partial charge in [0.15, 0.2) is 15.2 Å². The molecule has 0 amide bonds. The zero-order valence-corrected chi connectivity index (χ0v) is 13.4. The quantitative estimate of drug-likeness (QED) is 0.846. The molecule has 2 heterocycles. The Morgan fingerprint density at radius 2 is 2.25 bits per heavy atom. The van der Waals surface area contributed by atoms with Crippen LogP contribution in [0.5, 0.6) is 0 Å². The standard InChI is InChI=1S/C13H20ClN3O2S/c1-17-7-4-9(5-8-17)3-6-15-13-16-11(14)10(20-13)12(18)19-2/h9H,3-8H2,1-2H3,(H,15,16). The third kappa shape index (κ3) is 4.07. The van der Waals surface area contributed by atoms with Gasteiger partial charge < -0.3 is 15.0 Å². The molecule has 0 atom stereocenters. The summed E-state index contributed by atoms with van der Waals surface area (Å²) < 4.78 is 4.65. The summed E-state index contributed by atoms with van der Waals surface area (Å²) >= 11 is 7.16. The van der Waals surface area contributed by atoms with Crippen molar-refractivity contribution < 1.29 is 9.53 Å². The number of nitrogens with one attached hydrogen (secondary N) is 1. The number of aromatic nitrogens is 1. The summed E-state index contributed by atoms with van der Waals surface area (Å²) in [4.78, 5) is 18.3. The van der Waals surface area contributed by atoms with Crippen LogP contribution in [-0.2, 0) is 4.74 Å². The number of ether oxygens (including phenoxy) is 1. The Kier molecular flexibility index (Phi) is 5.63. The van der Waals surface area contributed by atoms with Gasteiger partial charge >= 0.3 is 5.97 Å². The fraction of sp³-hybridized carbons (Fsp3) is 0.692.